The lowest BCUT2D eigenvalue weighted by Crippen LogP contribution is -2.04. The number of hydrogen-bond acceptors (Lipinski definition) is 3. The molecule has 17 heavy (non-hydrogen) atoms. The highest BCUT2D eigenvalue weighted by Gasteiger charge is 2.06. The molecule has 3 nitrogen and oxygen atoms in total. The highest BCUT2D eigenvalue weighted by atomic mass is 15.0. The predicted molar refractivity (Wildman–Crippen MR) is 70.4 cm³/mol. The molecule has 0 fully saturated rings. The molecule has 0 amide bonds. The number of aromatic nitrogens is 1. The van der Waals surface area contributed by atoms with Crippen LogP contribution in [0.5, 0.6) is 0 Å². The largest absolute Gasteiger partial charge is 0.352 e. The van der Waals surface area contributed by atoms with Crippen molar-refractivity contribution in [3.63, 3.8) is 0 Å². The van der Waals surface area contributed by atoms with Gasteiger partial charge in [-0.15, -0.1) is 0 Å². The maximum Gasteiger partial charge on any atom is 0.0865 e. The Kier molecular flexibility index (Phi) is 2.43. The van der Waals surface area contributed by atoms with E-state index < -0.39 is 0 Å². The van der Waals surface area contributed by atoms with Crippen molar-refractivity contribution < 1.29 is 0 Å². The molecule has 1 aromatic carbocycles. The third-order valence-electron chi connectivity index (χ3n) is 2.52. The molecule has 0 saturated heterocycles. The minimum absolute atomic E-state index is 0.917. The van der Waals surface area contributed by atoms with E-state index >= 15 is 0 Å². The van der Waals surface area contributed by atoms with Gasteiger partial charge in [0.1, 0.15) is 0 Å². The number of allylic oxidation sites excluding steroid dienone is 1. The van der Waals surface area contributed by atoms with Crippen LogP contribution in [0.3, 0.4) is 0 Å². The van der Waals surface area contributed by atoms with E-state index in [1.807, 2.05) is 54.8 Å². The van der Waals surface area contributed by atoms with Crippen LogP contribution >= 0.6 is 0 Å². The molecular formula is C14H11N3. The number of benzene rings is 1. The van der Waals surface area contributed by atoms with Crippen LogP contribution in [-0.2, 0) is 0 Å². The van der Waals surface area contributed by atoms with Gasteiger partial charge in [0.2, 0.25) is 0 Å². The Morgan fingerprint density at radius 1 is 1.00 bits per heavy atom. The standard InChI is InChI=1S/C14H11N3/c1-2-7-14-13(6-1)16-10-12(17-14)9-11-5-3-4-8-15-11/h1-10,17H/b12-9+. The topological polar surface area (TPSA) is 37.3 Å². The van der Waals surface area contributed by atoms with Crippen molar-refractivity contribution in [2.24, 2.45) is 4.99 Å². The van der Waals surface area contributed by atoms with Crippen LogP contribution in [-0.4, -0.2) is 11.2 Å². The molecule has 0 unspecified atom stereocenters. The molecule has 1 aromatic heterocycles. The first-order valence-corrected chi connectivity index (χ1v) is 5.45. The van der Waals surface area contributed by atoms with Gasteiger partial charge in [0.05, 0.1) is 29.0 Å². The van der Waals surface area contributed by atoms with E-state index in [1.165, 1.54) is 0 Å². The maximum atomic E-state index is 4.39. The third kappa shape index (κ3) is 2.08. The Morgan fingerprint density at radius 2 is 1.88 bits per heavy atom. The summed E-state index contributed by atoms with van der Waals surface area (Å²) in [6, 6.07) is 13.8. The number of para-hydroxylation sites is 2. The monoisotopic (exact) mass is 221 g/mol. The summed E-state index contributed by atoms with van der Waals surface area (Å²) in [5, 5.41) is 3.32. The van der Waals surface area contributed by atoms with E-state index in [-0.39, 0.29) is 0 Å². The number of fused-ring (bicyclic) bond motifs is 1. The van der Waals surface area contributed by atoms with Gasteiger partial charge in [-0.3, -0.25) is 9.98 Å². The SMILES string of the molecule is C1=Nc2ccccc2N/C1=C/c1ccccn1. The molecule has 1 aliphatic rings. The van der Waals surface area contributed by atoms with Gasteiger partial charge < -0.3 is 5.32 Å². The summed E-state index contributed by atoms with van der Waals surface area (Å²) in [7, 11) is 0. The molecule has 0 radical (unpaired) electrons. The summed E-state index contributed by atoms with van der Waals surface area (Å²) >= 11 is 0. The second-order valence-corrected chi connectivity index (χ2v) is 3.75. The first kappa shape index (κ1) is 9.78. The van der Waals surface area contributed by atoms with Crippen molar-refractivity contribution in [1.82, 2.24) is 4.98 Å². The Hall–Kier alpha value is -2.42. The summed E-state index contributed by atoms with van der Waals surface area (Å²) in [5.41, 5.74) is 3.85. The number of anilines is 1. The second kappa shape index (κ2) is 4.22. The number of nitrogens with zero attached hydrogens (tertiary/aromatic N) is 2. The van der Waals surface area contributed by atoms with Gasteiger partial charge in [0, 0.05) is 6.20 Å². The van der Waals surface area contributed by atoms with E-state index in [1.54, 1.807) is 6.20 Å². The predicted octanol–water partition coefficient (Wildman–Crippen LogP) is 3.25. The zero-order valence-corrected chi connectivity index (χ0v) is 9.17. The van der Waals surface area contributed by atoms with E-state index in [9.17, 15) is 0 Å². The number of nitrogens with one attached hydrogen (secondary N) is 1. The molecular weight excluding hydrogens is 210 g/mol. The Morgan fingerprint density at radius 3 is 2.76 bits per heavy atom. The molecule has 0 spiro atoms. The highest BCUT2D eigenvalue weighted by Crippen LogP contribution is 2.28. The quantitative estimate of drug-likeness (QED) is 0.802. The zero-order chi connectivity index (χ0) is 11.5. The van der Waals surface area contributed by atoms with Crippen molar-refractivity contribution in [3.8, 4) is 0 Å². The van der Waals surface area contributed by atoms with E-state index in [4.69, 9.17) is 0 Å². The molecule has 0 atom stereocenters. The molecule has 0 saturated carbocycles. The van der Waals surface area contributed by atoms with Gasteiger partial charge in [0.25, 0.3) is 0 Å². The summed E-state index contributed by atoms with van der Waals surface area (Å²) in [4.78, 5) is 8.64. The van der Waals surface area contributed by atoms with Crippen LogP contribution in [0.2, 0.25) is 0 Å². The van der Waals surface area contributed by atoms with Crippen LogP contribution in [0.4, 0.5) is 11.4 Å². The molecule has 0 bridgehead atoms. The summed E-state index contributed by atoms with van der Waals surface area (Å²) in [6.45, 7) is 0. The van der Waals surface area contributed by atoms with Gasteiger partial charge >= 0.3 is 0 Å². The first-order chi connectivity index (χ1) is 8.42. The molecule has 2 aromatic rings. The average Bonchev–Trinajstić information content (AvgIpc) is 2.40. The number of hydrogen-bond donors (Lipinski definition) is 1. The molecule has 0 aliphatic carbocycles. The Balaban J connectivity index is 1.93. The zero-order valence-electron chi connectivity index (χ0n) is 9.17. The summed E-state index contributed by atoms with van der Waals surface area (Å²) in [5.74, 6) is 0. The molecule has 2 heterocycles. The molecule has 3 heteroatoms. The van der Waals surface area contributed by atoms with Gasteiger partial charge in [-0.25, -0.2) is 0 Å². The summed E-state index contributed by atoms with van der Waals surface area (Å²) < 4.78 is 0. The lowest BCUT2D eigenvalue weighted by atomic mass is 10.2. The summed E-state index contributed by atoms with van der Waals surface area (Å²) in [6.07, 6.45) is 5.57. The smallest absolute Gasteiger partial charge is 0.0865 e. The molecule has 1 N–H and O–H groups in total. The van der Waals surface area contributed by atoms with E-state index in [0.717, 1.165) is 22.8 Å². The van der Waals surface area contributed by atoms with Crippen molar-refractivity contribution in [2.45, 2.75) is 0 Å². The second-order valence-electron chi connectivity index (χ2n) is 3.75. The average molecular weight is 221 g/mol. The van der Waals surface area contributed by atoms with Crippen LogP contribution < -0.4 is 5.32 Å². The first-order valence-electron chi connectivity index (χ1n) is 5.45. The lowest BCUT2D eigenvalue weighted by molar-refractivity contribution is 1.29. The Bertz CT molecular complexity index is 585. The minimum atomic E-state index is 0.917. The molecule has 3 rings (SSSR count). The fourth-order valence-corrected chi connectivity index (χ4v) is 1.71. The lowest BCUT2D eigenvalue weighted by Gasteiger charge is -2.14. The fraction of sp³-hybridized carbons (Fsp3) is 0. The van der Waals surface area contributed by atoms with E-state index in [0.29, 0.717) is 0 Å². The van der Waals surface area contributed by atoms with Crippen molar-refractivity contribution in [2.75, 3.05) is 5.32 Å². The maximum absolute atomic E-state index is 4.39. The van der Waals surface area contributed by atoms with Crippen LogP contribution in [0.25, 0.3) is 6.08 Å². The Labute approximate surface area is 99.6 Å². The van der Waals surface area contributed by atoms with Crippen molar-refractivity contribution in [3.05, 3.63) is 60.1 Å². The highest BCUT2D eigenvalue weighted by molar-refractivity contribution is 5.96. The number of pyridine rings is 1. The van der Waals surface area contributed by atoms with Crippen LogP contribution in [0.15, 0.2) is 59.4 Å². The van der Waals surface area contributed by atoms with E-state index in [2.05, 4.69) is 15.3 Å². The molecule has 82 valence electrons. The van der Waals surface area contributed by atoms with Crippen LogP contribution in [0, 0.1) is 0 Å². The van der Waals surface area contributed by atoms with Crippen LogP contribution in [0.1, 0.15) is 5.69 Å². The number of aliphatic imine (C=N–C) groups is 1. The van der Waals surface area contributed by atoms with Crippen molar-refractivity contribution in [1.29, 1.82) is 0 Å². The van der Waals surface area contributed by atoms with Gasteiger partial charge in [0.15, 0.2) is 0 Å². The normalized spacial score (nSPS) is 15.4. The van der Waals surface area contributed by atoms with Gasteiger partial charge in [-0.2, -0.15) is 0 Å². The third-order valence-corrected chi connectivity index (χ3v) is 2.52. The molecule has 1 aliphatic heterocycles. The van der Waals surface area contributed by atoms with Crippen molar-refractivity contribution >= 4 is 23.7 Å². The van der Waals surface area contributed by atoms with Gasteiger partial charge in [-0.1, -0.05) is 18.2 Å². The number of rotatable bonds is 1. The fourth-order valence-electron chi connectivity index (χ4n) is 1.71. The minimum Gasteiger partial charge on any atom is -0.352 e. The van der Waals surface area contributed by atoms with Gasteiger partial charge in [-0.05, 0) is 30.3 Å².